The Morgan fingerprint density at radius 1 is 0.281 bits per heavy atom. The number of phosphoric acid groups is 2. The van der Waals surface area contributed by atoms with Crippen LogP contribution in [0, 0.1) is 5.92 Å². The van der Waals surface area contributed by atoms with E-state index in [1.54, 1.807) is 0 Å². The predicted octanol–water partition coefficient (Wildman–Crippen LogP) is 22.9. The maximum Gasteiger partial charge on any atom is 0.472 e. The molecule has 0 radical (unpaired) electrons. The molecule has 570 valence electrons. The minimum absolute atomic E-state index is 0.108. The van der Waals surface area contributed by atoms with Gasteiger partial charge in [-0.15, -0.1) is 0 Å². The van der Waals surface area contributed by atoms with Crippen LogP contribution in [0.5, 0.6) is 0 Å². The van der Waals surface area contributed by atoms with Gasteiger partial charge in [0.2, 0.25) is 0 Å². The highest BCUT2D eigenvalue weighted by atomic mass is 31.2. The summed E-state index contributed by atoms with van der Waals surface area (Å²) in [6, 6.07) is 0. The molecular weight excluding hydrogens is 1260 g/mol. The lowest BCUT2D eigenvalue weighted by Crippen LogP contribution is -2.30. The standard InChI is InChI=1S/C77H150O17P2/c1-6-9-12-15-18-21-23-25-27-28-30-32-38-43-48-53-58-63-77(82)94-73(67-88-75(80)61-56-51-46-41-36-34-33-35-40-44-49-54-59-70(4)5)69-92-96(85,86)90-65-71(78)64-89-95(83,84)91-68-72(66-87-74(79)60-55-50-45-39-20-17-14-11-8-3)93-76(81)62-57-52-47-42-37-31-29-26-24-22-19-16-13-10-7-2/h70-73,78H,6-69H2,1-5H3,(H,83,84)(H,85,86)/t71-,72+,73+/m0/s1. The molecule has 0 spiro atoms. The number of rotatable bonds is 77. The molecule has 0 fully saturated rings. The first-order valence-electron chi connectivity index (χ1n) is 40.1. The molecule has 0 bridgehead atoms. The normalized spacial score (nSPS) is 13.9. The summed E-state index contributed by atoms with van der Waals surface area (Å²) in [7, 11) is -9.91. The molecule has 96 heavy (non-hydrogen) atoms. The molecule has 0 aromatic heterocycles. The highest BCUT2D eigenvalue weighted by Crippen LogP contribution is 2.45. The van der Waals surface area contributed by atoms with Crippen LogP contribution < -0.4 is 0 Å². The highest BCUT2D eigenvalue weighted by molar-refractivity contribution is 7.47. The lowest BCUT2D eigenvalue weighted by Gasteiger charge is -2.21. The number of carbonyl (C=O) groups is 4. The number of aliphatic hydroxyl groups is 1. The Balaban J connectivity index is 5.23. The number of carbonyl (C=O) groups excluding carboxylic acids is 4. The number of hydrogen-bond donors (Lipinski definition) is 3. The zero-order valence-electron chi connectivity index (χ0n) is 62.5. The van der Waals surface area contributed by atoms with Crippen LogP contribution in [0.25, 0.3) is 0 Å². The first-order valence-corrected chi connectivity index (χ1v) is 43.1. The zero-order chi connectivity index (χ0) is 70.5. The third-order valence-electron chi connectivity index (χ3n) is 18.0. The first-order chi connectivity index (χ1) is 46.5. The fraction of sp³-hybridized carbons (Fsp3) is 0.948. The van der Waals surface area contributed by atoms with Crippen molar-refractivity contribution in [2.45, 2.75) is 425 Å². The van der Waals surface area contributed by atoms with E-state index in [-0.39, 0.29) is 25.7 Å². The van der Waals surface area contributed by atoms with Crippen LogP contribution in [0.2, 0.25) is 0 Å². The molecule has 0 aliphatic carbocycles. The molecule has 0 rings (SSSR count). The minimum Gasteiger partial charge on any atom is -0.462 e. The van der Waals surface area contributed by atoms with Gasteiger partial charge in [0, 0.05) is 25.7 Å². The lowest BCUT2D eigenvalue weighted by molar-refractivity contribution is -0.161. The number of aliphatic hydroxyl groups excluding tert-OH is 1. The van der Waals surface area contributed by atoms with E-state index >= 15 is 0 Å². The van der Waals surface area contributed by atoms with Gasteiger partial charge in [0.25, 0.3) is 0 Å². The van der Waals surface area contributed by atoms with Gasteiger partial charge in [-0.05, 0) is 31.6 Å². The fourth-order valence-electron chi connectivity index (χ4n) is 11.9. The van der Waals surface area contributed by atoms with E-state index in [1.807, 2.05) is 0 Å². The molecule has 0 aromatic rings. The van der Waals surface area contributed by atoms with Crippen LogP contribution in [0.1, 0.15) is 407 Å². The van der Waals surface area contributed by atoms with Crippen molar-refractivity contribution in [1.29, 1.82) is 0 Å². The van der Waals surface area contributed by atoms with E-state index < -0.39 is 97.5 Å². The smallest absolute Gasteiger partial charge is 0.462 e. The van der Waals surface area contributed by atoms with Crippen LogP contribution in [0.15, 0.2) is 0 Å². The van der Waals surface area contributed by atoms with E-state index in [2.05, 4.69) is 34.6 Å². The van der Waals surface area contributed by atoms with Gasteiger partial charge < -0.3 is 33.8 Å². The molecule has 5 atom stereocenters. The van der Waals surface area contributed by atoms with E-state index in [1.165, 1.54) is 231 Å². The summed E-state index contributed by atoms with van der Waals surface area (Å²) in [6.45, 7) is 7.31. The Labute approximate surface area is 588 Å². The van der Waals surface area contributed by atoms with E-state index in [4.69, 9.17) is 37.0 Å². The van der Waals surface area contributed by atoms with E-state index in [0.29, 0.717) is 25.7 Å². The van der Waals surface area contributed by atoms with Crippen molar-refractivity contribution in [2.24, 2.45) is 5.92 Å². The minimum atomic E-state index is -4.96. The molecule has 0 saturated heterocycles. The van der Waals surface area contributed by atoms with Gasteiger partial charge in [-0.3, -0.25) is 37.3 Å². The van der Waals surface area contributed by atoms with Gasteiger partial charge in [-0.25, -0.2) is 9.13 Å². The average Bonchev–Trinajstić information content (AvgIpc) is 1.13. The number of phosphoric ester groups is 2. The third-order valence-corrected chi connectivity index (χ3v) is 19.9. The number of unbranched alkanes of at least 4 members (excludes halogenated alkanes) is 49. The number of hydrogen-bond acceptors (Lipinski definition) is 15. The van der Waals surface area contributed by atoms with Gasteiger partial charge in [-0.2, -0.15) is 0 Å². The lowest BCUT2D eigenvalue weighted by atomic mass is 10.0. The fourth-order valence-corrected chi connectivity index (χ4v) is 13.5. The van der Waals surface area contributed by atoms with Crippen molar-refractivity contribution < 1.29 is 80.2 Å². The Bertz CT molecular complexity index is 1840. The Morgan fingerprint density at radius 2 is 0.479 bits per heavy atom. The molecule has 0 amide bonds. The molecule has 0 aliphatic rings. The molecule has 3 N–H and O–H groups in total. The summed E-state index contributed by atoms with van der Waals surface area (Å²) in [5.74, 6) is -1.33. The summed E-state index contributed by atoms with van der Waals surface area (Å²) < 4.78 is 68.6. The second-order valence-corrected chi connectivity index (χ2v) is 31.1. The van der Waals surface area contributed by atoms with Gasteiger partial charge in [0.1, 0.15) is 19.3 Å². The predicted molar refractivity (Wildman–Crippen MR) is 391 cm³/mol. The molecule has 0 aromatic carbocycles. The van der Waals surface area contributed by atoms with E-state index in [9.17, 15) is 43.2 Å². The van der Waals surface area contributed by atoms with Crippen LogP contribution in [0.4, 0.5) is 0 Å². The zero-order valence-corrected chi connectivity index (χ0v) is 64.3. The van der Waals surface area contributed by atoms with Gasteiger partial charge in [0.15, 0.2) is 12.2 Å². The Morgan fingerprint density at radius 3 is 0.708 bits per heavy atom. The van der Waals surface area contributed by atoms with Crippen LogP contribution >= 0.6 is 15.6 Å². The van der Waals surface area contributed by atoms with Crippen molar-refractivity contribution in [3.8, 4) is 0 Å². The maximum atomic E-state index is 13.1. The molecular formula is C77H150O17P2. The topological polar surface area (TPSA) is 237 Å². The second kappa shape index (κ2) is 70.1. The Hall–Kier alpha value is -1.94. The summed E-state index contributed by atoms with van der Waals surface area (Å²) in [5, 5.41) is 10.6. The molecule has 0 aliphatic heterocycles. The molecule has 19 heteroatoms. The van der Waals surface area contributed by atoms with Crippen LogP contribution in [-0.2, 0) is 65.4 Å². The largest absolute Gasteiger partial charge is 0.472 e. The Kier molecular flexibility index (Phi) is 68.7. The molecule has 0 heterocycles. The quantitative estimate of drug-likeness (QED) is 0.0222. The van der Waals surface area contributed by atoms with Crippen molar-refractivity contribution >= 4 is 39.5 Å². The SMILES string of the molecule is CCCCCCCCCCCCCCCCCCCC(=O)O[C@H](COC(=O)CCCCCCCCCCCCCCC(C)C)COP(=O)(O)OC[C@@H](O)COP(=O)(O)OC[C@@H](COC(=O)CCCCCCCCCCC)OC(=O)CCCCCCCCCCCCCCCCC. The van der Waals surface area contributed by atoms with E-state index in [0.717, 1.165) is 95.8 Å². The van der Waals surface area contributed by atoms with Crippen molar-refractivity contribution in [2.75, 3.05) is 39.6 Å². The highest BCUT2D eigenvalue weighted by Gasteiger charge is 2.30. The summed E-state index contributed by atoms with van der Waals surface area (Å²) in [4.78, 5) is 72.8. The van der Waals surface area contributed by atoms with Crippen LogP contribution in [0.3, 0.4) is 0 Å². The van der Waals surface area contributed by atoms with Gasteiger partial charge in [0.05, 0.1) is 26.4 Å². The summed E-state index contributed by atoms with van der Waals surface area (Å²) in [6.07, 6.45) is 59.5. The summed E-state index contributed by atoms with van der Waals surface area (Å²) in [5.41, 5.74) is 0. The molecule has 17 nitrogen and oxygen atoms in total. The number of esters is 4. The van der Waals surface area contributed by atoms with Crippen LogP contribution in [-0.4, -0.2) is 96.7 Å². The van der Waals surface area contributed by atoms with Crippen molar-refractivity contribution in [3.63, 3.8) is 0 Å². The maximum absolute atomic E-state index is 13.1. The second-order valence-electron chi connectivity index (χ2n) is 28.2. The summed E-state index contributed by atoms with van der Waals surface area (Å²) >= 11 is 0. The average molecular weight is 1410 g/mol. The van der Waals surface area contributed by atoms with Gasteiger partial charge in [-0.1, -0.05) is 356 Å². The molecule has 2 unspecified atom stereocenters. The first kappa shape index (κ1) is 94.1. The number of ether oxygens (including phenoxy) is 4. The molecule has 0 saturated carbocycles. The van der Waals surface area contributed by atoms with Crippen molar-refractivity contribution in [3.05, 3.63) is 0 Å². The third kappa shape index (κ3) is 70.5. The monoisotopic (exact) mass is 1410 g/mol. The van der Waals surface area contributed by atoms with Gasteiger partial charge >= 0.3 is 39.5 Å². The van der Waals surface area contributed by atoms with Crippen molar-refractivity contribution in [1.82, 2.24) is 0 Å².